The first kappa shape index (κ1) is 16.0. The van der Waals surface area contributed by atoms with Crippen molar-refractivity contribution in [1.82, 2.24) is 0 Å². The molecule has 2 rings (SSSR count). The summed E-state index contributed by atoms with van der Waals surface area (Å²) in [6.45, 7) is 2.05. The SMILES string of the molecule is CCOC(=O)c1ccc(NC(=O)c2sccc2Cl)c(Br)c1. The molecule has 110 valence electrons. The maximum Gasteiger partial charge on any atom is 0.338 e. The third-order valence-electron chi connectivity index (χ3n) is 2.55. The van der Waals surface area contributed by atoms with Gasteiger partial charge in [0.1, 0.15) is 4.88 Å². The van der Waals surface area contributed by atoms with E-state index < -0.39 is 5.97 Å². The molecule has 2 aromatic rings. The third-order valence-corrected chi connectivity index (χ3v) is 4.55. The van der Waals surface area contributed by atoms with Crippen molar-refractivity contribution in [3.8, 4) is 0 Å². The van der Waals surface area contributed by atoms with E-state index in [1.54, 1.807) is 36.6 Å². The van der Waals surface area contributed by atoms with E-state index >= 15 is 0 Å². The number of hydrogen-bond acceptors (Lipinski definition) is 4. The first-order valence-electron chi connectivity index (χ1n) is 6.04. The Kier molecular flexibility index (Phi) is 5.39. The van der Waals surface area contributed by atoms with Crippen molar-refractivity contribution >= 4 is 56.4 Å². The predicted molar refractivity (Wildman–Crippen MR) is 87.4 cm³/mol. The van der Waals surface area contributed by atoms with Crippen LogP contribution in [0.25, 0.3) is 0 Å². The number of nitrogens with one attached hydrogen (secondary N) is 1. The summed E-state index contributed by atoms with van der Waals surface area (Å²) >= 11 is 10.5. The zero-order valence-corrected chi connectivity index (χ0v) is 14.1. The van der Waals surface area contributed by atoms with Crippen LogP contribution in [0.3, 0.4) is 0 Å². The van der Waals surface area contributed by atoms with Gasteiger partial charge in [0.2, 0.25) is 0 Å². The highest BCUT2D eigenvalue weighted by molar-refractivity contribution is 9.10. The topological polar surface area (TPSA) is 55.4 Å². The molecule has 0 aliphatic carbocycles. The summed E-state index contributed by atoms with van der Waals surface area (Å²) in [4.78, 5) is 24.1. The van der Waals surface area contributed by atoms with Crippen LogP contribution in [-0.2, 0) is 4.74 Å². The normalized spacial score (nSPS) is 10.2. The van der Waals surface area contributed by atoms with Gasteiger partial charge in [0.15, 0.2) is 0 Å². The van der Waals surface area contributed by atoms with E-state index in [0.29, 0.717) is 32.2 Å². The molecule has 1 aromatic heterocycles. The number of hydrogen-bond donors (Lipinski definition) is 1. The summed E-state index contributed by atoms with van der Waals surface area (Å²) in [6.07, 6.45) is 0. The molecule has 0 aliphatic rings. The van der Waals surface area contributed by atoms with Crippen LogP contribution in [0.5, 0.6) is 0 Å². The molecule has 1 N–H and O–H groups in total. The second kappa shape index (κ2) is 7.06. The highest BCUT2D eigenvalue weighted by Gasteiger charge is 2.15. The molecule has 1 heterocycles. The summed E-state index contributed by atoms with van der Waals surface area (Å²) in [5, 5.41) is 4.90. The van der Waals surface area contributed by atoms with E-state index in [4.69, 9.17) is 16.3 Å². The first-order valence-corrected chi connectivity index (χ1v) is 8.09. The minimum absolute atomic E-state index is 0.292. The molecule has 0 radical (unpaired) electrons. The van der Waals surface area contributed by atoms with Gasteiger partial charge < -0.3 is 10.1 Å². The van der Waals surface area contributed by atoms with Crippen molar-refractivity contribution in [3.05, 3.63) is 49.6 Å². The molecule has 7 heteroatoms. The lowest BCUT2D eigenvalue weighted by molar-refractivity contribution is 0.0526. The molecule has 1 aromatic carbocycles. The number of ether oxygens (including phenoxy) is 1. The number of halogens is 2. The fourth-order valence-electron chi connectivity index (χ4n) is 1.59. The van der Waals surface area contributed by atoms with E-state index in [9.17, 15) is 9.59 Å². The minimum Gasteiger partial charge on any atom is -0.462 e. The van der Waals surface area contributed by atoms with E-state index in [1.807, 2.05) is 0 Å². The summed E-state index contributed by atoms with van der Waals surface area (Å²) in [7, 11) is 0. The van der Waals surface area contributed by atoms with Crippen molar-refractivity contribution in [2.75, 3.05) is 11.9 Å². The van der Waals surface area contributed by atoms with Crippen molar-refractivity contribution < 1.29 is 14.3 Å². The van der Waals surface area contributed by atoms with Crippen LogP contribution in [-0.4, -0.2) is 18.5 Å². The van der Waals surface area contributed by atoms with Crippen molar-refractivity contribution in [1.29, 1.82) is 0 Å². The maximum atomic E-state index is 12.1. The van der Waals surface area contributed by atoms with Gasteiger partial charge in [0.05, 0.1) is 22.9 Å². The third kappa shape index (κ3) is 3.84. The standard InChI is InChI=1S/C14H11BrClNO3S/c1-2-20-14(19)8-3-4-11(9(15)7-8)17-13(18)12-10(16)5-6-21-12/h3-7H,2H2,1H3,(H,17,18). The number of carbonyl (C=O) groups is 2. The quantitative estimate of drug-likeness (QED) is 0.779. The number of rotatable bonds is 4. The molecule has 21 heavy (non-hydrogen) atoms. The molecule has 0 aliphatic heterocycles. The zero-order valence-electron chi connectivity index (χ0n) is 11.0. The van der Waals surface area contributed by atoms with Gasteiger partial charge in [-0.3, -0.25) is 4.79 Å². The second-order valence-electron chi connectivity index (χ2n) is 3.97. The Labute approximate surface area is 139 Å². The lowest BCUT2D eigenvalue weighted by Crippen LogP contribution is -2.12. The number of benzene rings is 1. The fourth-order valence-corrected chi connectivity index (χ4v) is 3.11. The molecule has 0 saturated heterocycles. The van der Waals surface area contributed by atoms with Crippen molar-refractivity contribution in [3.63, 3.8) is 0 Å². The average Bonchev–Trinajstić information content (AvgIpc) is 2.87. The first-order chi connectivity index (χ1) is 10.0. The average molecular weight is 389 g/mol. The molecule has 0 bridgehead atoms. The molecule has 1 amide bonds. The van der Waals surface area contributed by atoms with Crippen LogP contribution in [0.2, 0.25) is 5.02 Å². The van der Waals surface area contributed by atoms with Gasteiger partial charge in [0.25, 0.3) is 5.91 Å². The minimum atomic E-state index is -0.405. The lowest BCUT2D eigenvalue weighted by Gasteiger charge is -2.08. The Morgan fingerprint density at radius 1 is 1.38 bits per heavy atom. The van der Waals surface area contributed by atoms with E-state index in [1.165, 1.54) is 11.3 Å². The van der Waals surface area contributed by atoms with E-state index in [2.05, 4.69) is 21.2 Å². The molecule has 4 nitrogen and oxygen atoms in total. The van der Waals surface area contributed by atoms with Crippen molar-refractivity contribution in [2.24, 2.45) is 0 Å². The monoisotopic (exact) mass is 387 g/mol. The van der Waals surface area contributed by atoms with Gasteiger partial charge >= 0.3 is 5.97 Å². The van der Waals surface area contributed by atoms with Crippen molar-refractivity contribution in [2.45, 2.75) is 6.92 Å². The highest BCUT2D eigenvalue weighted by Crippen LogP contribution is 2.27. The van der Waals surface area contributed by atoms with Gasteiger partial charge in [-0.2, -0.15) is 0 Å². The molecule has 0 unspecified atom stereocenters. The number of carbonyl (C=O) groups excluding carboxylic acids is 2. The molecular weight excluding hydrogens is 378 g/mol. The summed E-state index contributed by atoms with van der Waals surface area (Å²) in [5.41, 5.74) is 0.966. The Bertz CT molecular complexity index is 687. The molecule has 0 fully saturated rings. The molecule has 0 saturated carbocycles. The number of anilines is 1. The van der Waals surface area contributed by atoms with Crippen LogP contribution >= 0.6 is 38.9 Å². The predicted octanol–water partition coefficient (Wildman–Crippen LogP) is 4.59. The Hall–Kier alpha value is -1.37. The summed E-state index contributed by atoms with van der Waals surface area (Å²) in [6, 6.07) is 6.49. The molecule has 0 spiro atoms. The number of thiophene rings is 1. The van der Waals surface area contributed by atoms with Crippen LogP contribution in [0, 0.1) is 0 Å². The van der Waals surface area contributed by atoms with Crippen LogP contribution in [0.15, 0.2) is 34.1 Å². The van der Waals surface area contributed by atoms with Gasteiger partial charge in [-0.15, -0.1) is 11.3 Å². The van der Waals surface area contributed by atoms with E-state index in [-0.39, 0.29) is 5.91 Å². The lowest BCUT2D eigenvalue weighted by atomic mass is 10.2. The van der Waals surface area contributed by atoms with Gasteiger partial charge in [-0.25, -0.2) is 4.79 Å². The van der Waals surface area contributed by atoms with Crippen LogP contribution in [0.1, 0.15) is 27.0 Å². The van der Waals surface area contributed by atoms with Gasteiger partial charge in [-0.05, 0) is 52.5 Å². The summed E-state index contributed by atoms with van der Waals surface area (Å²) in [5.74, 6) is -0.697. The molecular formula is C14H11BrClNO3S. The Balaban J connectivity index is 2.16. The van der Waals surface area contributed by atoms with Gasteiger partial charge in [0, 0.05) is 4.47 Å². The maximum absolute atomic E-state index is 12.1. The summed E-state index contributed by atoms with van der Waals surface area (Å²) < 4.78 is 5.51. The zero-order chi connectivity index (χ0) is 15.4. The number of amides is 1. The Morgan fingerprint density at radius 2 is 2.14 bits per heavy atom. The second-order valence-corrected chi connectivity index (χ2v) is 6.14. The highest BCUT2D eigenvalue weighted by atomic mass is 79.9. The van der Waals surface area contributed by atoms with Crippen LogP contribution < -0.4 is 5.32 Å². The van der Waals surface area contributed by atoms with Gasteiger partial charge in [-0.1, -0.05) is 11.6 Å². The fraction of sp³-hybridized carbons (Fsp3) is 0.143. The smallest absolute Gasteiger partial charge is 0.338 e. The largest absolute Gasteiger partial charge is 0.462 e. The van der Waals surface area contributed by atoms with E-state index in [0.717, 1.165) is 0 Å². The Morgan fingerprint density at radius 3 is 2.71 bits per heavy atom. The number of esters is 1. The van der Waals surface area contributed by atoms with Crippen LogP contribution in [0.4, 0.5) is 5.69 Å². The molecule has 0 atom stereocenters.